The van der Waals surface area contributed by atoms with E-state index in [1.807, 2.05) is 6.07 Å². The van der Waals surface area contributed by atoms with Crippen molar-refractivity contribution in [2.75, 3.05) is 13.1 Å². The quantitative estimate of drug-likeness (QED) is 0.848. The van der Waals surface area contributed by atoms with Crippen molar-refractivity contribution in [3.8, 4) is 0 Å². The van der Waals surface area contributed by atoms with Crippen LogP contribution in [0.1, 0.15) is 51.1 Å². The Balaban J connectivity index is 2.04. The van der Waals surface area contributed by atoms with Crippen LogP contribution in [0.5, 0.6) is 0 Å². The number of likely N-dealkylation sites (tertiary alicyclic amines) is 1. The van der Waals surface area contributed by atoms with Gasteiger partial charge in [-0.15, -0.1) is 0 Å². The van der Waals surface area contributed by atoms with Crippen molar-refractivity contribution in [3.63, 3.8) is 0 Å². The molecule has 21 heavy (non-hydrogen) atoms. The summed E-state index contributed by atoms with van der Waals surface area (Å²) in [6, 6.07) is 8.70. The zero-order valence-electron chi connectivity index (χ0n) is 12.8. The van der Waals surface area contributed by atoms with Crippen molar-refractivity contribution >= 4 is 21.9 Å². The van der Waals surface area contributed by atoms with E-state index in [0.717, 1.165) is 43.2 Å². The summed E-state index contributed by atoms with van der Waals surface area (Å²) in [7, 11) is 0. The van der Waals surface area contributed by atoms with Crippen LogP contribution in [0.25, 0.3) is 0 Å². The molecule has 4 heteroatoms. The van der Waals surface area contributed by atoms with Gasteiger partial charge >= 0.3 is 5.97 Å². The van der Waals surface area contributed by atoms with E-state index >= 15 is 0 Å². The van der Waals surface area contributed by atoms with E-state index in [-0.39, 0.29) is 0 Å². The number of hydrogen-bond donors (Lipinski definition) is 1. The highest BCUT2D eigenvalue weighted by molar-refractivity contribution is 9.10. The second-order valence-corrected chi connectivity index (χ2v) is 7.02. The molecular formula is C17H24BrNO2. The highest BCUT2D eigenvalue weighted by Crippen LogP contribution is 2.39. The predicted molar refractivity (Wildman–Crippen MR) is 88.3 cm³/mol. The molecule has 3 nitrogen and oxygen atoms in total. The molecule has 1 aromatic rings. The summed E-state index contributed by atoms with van der Waals surface area (Å²) in [5.74, 6) is -0.612. The summed E-state index contributed by atoms with van der Waals surface area (Å²) >= 11 is 3.52. The Kier molecular flexibility index (Phi) is 5.44. The molecule has 0 amide bonds. The maximum absolute atomic E-state index is 11.6. The summed E-state index contributed by atoms with van der Waals surface area (Å²) in [5, 5.41) is 9.57. The first-order chi connectivity index (χ1) is 9.98. The highest BCUT2D eigenvalue weighted by atomic mass is 79.9. The van der Waals surface area contributed by atoms with Gasteiger partial charge in [0, 0.05) is 10.5 Å². The molecule has 1 aromatic carbocycles. The number of piperidine rings is 1. The van der Waals surface area contributed by atoms with Crippen LogP contribution in [-0.4, -0.2) is 29.1 Å². The van der Waals surface area contributed by atoms with Gasteiger partial charge in [0.05, 0.1) is 5.41 Å². The molecule has 0 radical (unpaired) electrons. The molecule has 1 saturated heterocycles. The lowest BCUT2D eigenvalue weighted by atomic mass is 9.74. The molecule has 0 aromatic heterocycles. The van der Waals surface area contributed by atoms with E-state index in [0.29, 0.717) is 6.04 Å². The fourth-order valence-electron chi connectivity index (χ4n) is 3.37. The van der Waals surface area contributed by atoms with E-state index < -0.39 is 11.4 Å². The van der Waals surface area contributed by atoms with Crippen LogP contribution >= 0.6 is 15.9 Å². The number of carboxylic acids is 1. The molecule has 0 bridgehead atoms. The van der Waals surface area contributed by atoms with Crippen molar-refractivity contribution < 1.29 is 9.90 Å². The third-order valence-electron chi connectivity index (χ3n) is 4.82. The van der Waals surface area contributed by atoms with Gasteiger partial charge in [-0.25, -0.2) is 0 Å². The minimum Gasteiger partial charge on any atom is -0.481 e. The molecule has 0 aliphatic carbocycles. The van der Waals surface area contributed by atoms with Crippen molar-refractivity contribution in [2.24, 2.45) is 5.41 Å². The van der Waals surface area contributed by atoms with Crippen molar-refractivity contribution in [3.05, 3.63) is 34.3 Å². The van der Waals surface area contributed by atoms with Gasteiger partial charge in [-0.3, -0.25) is 9.69 Å². The van der Waals surface area contributed by atoms with E-state index in [9.17, 15) is 9.90 Å². The smallest absolute Gasteiger partial charge is 0.309 e. The Hall–Kier alpha value is -0.870. The molecular weight excluding hydrogens is 330 g/mol. The van der Waals surface area contributed by atoms with E-state index in [1.54, 1.807) is 0 Å². The Morgan fingerprint density at radius 3 is 2.62 bits per heavy atom. The fourth-order valence-corrected chi connectivity index (χ4v) is 3.78. The van der Waals surface area contributed by atoms with Crippen molar-refractivity contribution in [1.29, 1.82) is 0 Å². The number of nitrogens with zero attached hydrogens (tertiary/aromatic N) is 1. The lowest BCUT2D eigenvalue weighted by molar-refractivity contribution is -0.153. The zero-order chi connectivity index (χ0) is 15.5. The number of hydrogen-bond acceptors (Lipinski definition) is 2. The third kappa shape index (κ3) is 3.67. The van der Waals surface area contributed by atoms with Crippen molar-refractivity contribution in [1.82, 2.24) is 4.90 Å². The first-order valence-electron chi connectivity index (χ1n) is 7.71. The summed E-state index contributed by atoms with van der Waals surface area (Å²) in [6.45, 7) is 6.00. The Morgan fingerprint density at radius 2 is 2.10 bits per heavy atom. The van der Waals surface area contributed by atoms with Gasteiger partial charge in [0.25, 0.3) is 0 Å². The highest BCUT2D eigenvalue weighted by Gasteiger charge is 2.41. The molecule has 1 aliphatic heterocycles. The average molecular weight is 354 g/mol. The first-order valence-corrected chi connectivity index (χ1v) is 8.51. The maximum atomic E-state index is 11.6. The fraction of sp³-hybridized carbons (Fsp3) is 0.588. The first kappa shape index (κ1) is 16.5. The van der Waals surface area contributed by atoms with Gasteiger partial charge in [-0.1, -0.05) is 41.4 Å². The van der Waals surface area contributed by atoms with Gasteiger partial charge in [0.1, 0.15) is 0 Å². The molecule has 1 atom stereocenters. The molecule has 1 N–H and O–H groups in total. The topological polar surface area (TPSA) is 40.5 Å². The van der Waals surface area contributed by atoms with Crippen LogP contribution in [0.3, 0.4) is 0 Å². The van der Waals surface area contributed by atoms with Crippen LogP contribution in [-0.2, 0) is 4.79 Å². The largest absolute Gasteiger partial charge is 0.481 e. The molecule has 116 valence electrons. The van der Waals surface area contributed by atoms with Gasteiger partial charge in [-0.05, 0) is 57.0 Å². The minimum atomic E-state index is -0.612. The van der Waals surface area contributed by atoms with E-state index in [2.05, 4.69) is 52.9 Å². The maximum Gasteiger partial charge on any atom is 0.309 e. The van der Waals surface area contributed by atoms with Crippen LogP contribution in [0.15, 0.2) is 28.7 Å². The van der Waals surface area contributed by atoms with Gasteiger partial charge in [0.2, 0.25) is 0 Å². The summed E-state index contributed by atoms with van der Waals surface area (Å²) in [6.07, 6.45) is 3.25. The lowest BCUT2D eigenvalue weighted by Crippen LogP contribution is -2.45. The van der Waals surface area contributed by atoms with Gasteiger partial charge in [-0.2, -0.15) is 0 Å². The molecule has 0 saturated carbocycles. The van der Waals surface area contributed by atoms with Crippen molar-refractivity contribution in [2.45, 2.75) is 45.6 Å². The van der Waals surface area contributed by atoms with Crippen LogP contribution in [0.2, 0.25) is 0 Å². The molecule has 1 aliphatic rings. The van der Waals surface area contributed by atoms with Crippen LogP contribution in [0.4, 0.5) is 0 Å². The normalized spacial score (nSPS) is 20.1. The van der Waals surface area contributed by atoms with Gasteiger partial charge < -0.3 is 5.11 Å². The molecule has 1 fully saturated rings. The monoisotopic (exact) mass is 353 g/mol. The second kappa shape index (κ2) is 6.93. The number of carboxylic acid groups (broad SMARTS) is 1. The zero-order valence-corrected chi connectivity index (χ0v) is 14.4. The second-order valence-electron chi connectivity index (χ2n) is 6.10. The Labute approximate surface area is 135 Å². The molecule has 2 rings (SSSR count). The number of aliphatic carboxylic acids is 1. The summed E-state index contributed by atoms with van der Waals surface area (Å²) < 4.78 is 1.09. The number of rotatable bonds is 5. The minimum absolute atomic E-state index is 0.330. The van der Waals surface area contributed by atoms with E-state index in [1.165, 1.54) is 5.56 Å². The Morgan fingerprint density at radius 1 is 1.43 bits per heavy atom. The van der Waals surface area contributed by atoms with Crippen LogP contribution < -0.4 is 0 Å². The standard InChI is InChI=1S/C17H24BrNO2/c1-3-7-17(16(20)21)8-10-19(11-9-17)13(2)14-5-4-6-15(18)12-14/h4-6,12-13H,3,7-11H2,1-2H3,(H,20,21). The SMILES string of the molecule is CCCC1(C(=O)O)CCN(C(C)c2cccc(Br)c2)CC1. The summed E-state index contributed by atoms with van der Waals surface area (Å²) in [5.41, 5.74) is 0.782. The summed E-state index contributed by atoms with van der Waals surface area (Å²) in [4.78, 5) is 14.0. The molecule has 1 unspecified atom stereocenters. The average Bonchev–Trinajstić information content (AvgIpc) is 2.47. The van der Waals surface area contributed by atoms with Gasteiger partial charge in [0.15, 0.2) is 0 Å². The van der Waals surface area contributed by atoms with Crippen LogP contribution in [0, 0.1) is 5.41 Å². The number of benzene rings is 1. The molecule has 0 spiro atoms. The van der Waals surface area contributed by atoms with E-state index in [4.69, 9.17) is 0 Å². The lowest BCUT2D eigenvalue weighted by Gasteiger charge is -2.41. The third-order valence-corrected chi connectivity index (χ3v) is 5.31. The Bertz CT molecular complexity index is 495. The number of halogens is 1. The predicted octanol–water partition coefficient (Wildman–Crippen LogP) is 4.48. The molecule has 1 heterocycles. The number of carbonyl (C=O) groups is 1.